The summed E-state index contributed by atoms with van der Waals surface area (Å²) in [6, 6.07) is 6.35. The lowest BCUT2D eigenvalue weighted by Crippen LogP contribution is -2.12. The van der Waals surface area contributed by atoms with E-state index in [-0.39, 0.29) is 33.7 Å². The topological polar surface area (TPSA) is 103 Å². The molecule has 0 aliphatic carbocycles. The molecule has 0 aliphatic heterocycles. The number of aromatic carboxylic acids is 1. The van der Waals surface area contributed by atoms with Gasteiger partial charge in [-0.1, -0.05) is 6.07 Å². The average Bonchev–Trinajstić information content (AvgIpc) is 3.07. The number of aromatic nitrogens is 1. The molecule has 0 fully saturated rings. The molecule has 0 atom stereocenters. The number of alkyl halides is 6. The van der Waals surface area contributed by atoms with Crippen LogP contribution in [0.3, 0.4) is 0 Å². The average molecular weight is 482 g/mol. The third-order valence-electron chi connectivity index (χ3n) is 4.82. The third-order valence-corrected chi connectivity index (χ3v) is 4.82. The van der Waals surface area contributed by atoms with Gasteiger partial charge in [-0.05, 0) is 42.0 Å². The van der Waals surface area contributed by atoms with Crippen LogP contribution in [-0.2, 0) is 23.7 Å². The zero-order valence-corrected chi connectivity index (χ0v) is 16.7. The van der Waals surface area contributed by atoms with Crippen molar-refractivity contribution in [2.75, 3.05) is 0 Å². The molecule has 2 aromatic carbocycles. The minimum absolute atomic E-state index is 0.0139. The lowest BCUT2D eigenvalue weighted by Gasteiger charge is -2.15. The summed E-state index contributed by atoms with van der Waals surface area (Å²) in [5.41, 5.74) is -4.43. The van der Waals surface area contributed by atoms with E-state index < -0.39 is 47.5 Å². The van der Waals surface area contributed by atoms with Gasteiger partial charge in [0.25, 0.3) is 0 Å². The molecule has 0 bridgehead atoms. The molecule has 34 heavy (non-hydrogen) atoms. The molecule has 3 rings (SSSR count). The van der Waals surface area contributed by atoms with Gasteiger partial charge >= 0.3 is 24.3 Å². The molecular weight excluding hydrogens is 470 g/mol. The largest absolute Gasteiger partial charge is 0.478 e. The standard InChI is InChI=1S/C22H12F6N2O4/c23-21(24,25)14-4-11(5-15(7-14)22(26,27)28)9-30-10-13(6-12(8-29)19(31)32)18-16(20(33)34)2-1-3-17(18)30/h1-7,10H,9H2,(H,31,32)(H,33,34)/b12-6+. The maximum Gasteiger partial charge on any atom is 0.416 e. The summed E-state index contributed by atoms with van der Waals surface area (Å²) in [6.45, 7) is -0.532. The SMILES string of the molecule is N#C/C(=C\c1cn(Cc2cc(C(F)(F)F)cc(C(F)(F)F)c2)c2cccc(C(=O)O)c12)C(=O)O. The van der Waals surface area contributed by atoms with Crippen molar-refractivity contribution in [1.29, 1.82) is 5.26 Å². The predicted molar refractivity (Wildman–Crippen MR) is 106 cm³/mol. The molecule has 0 aliphatic rings. The zero-order chi connectivity index (χ0) is 25.4. The molecule has 0 saturated heterocycles. The van der Waals surface area contributed by atoms with Crippen LogP contribution in [0.15, 0.2) is 48.2 Å². The summed E-state index contributed by atoms with van der Waals surface area (Å²) in [4.78, 5) is 22.9. The van der Waals surface area contributed by atoms with E-state index in [1.165, 1.54) is 28.8 Å². The molecule has 176 valence electrons. The van der Waals surface area contributed by atoms with Crippen molar-refractivity contribution >= 4 is 28.9 Å². The third kappa shape index (κ3) is 4.88. The highest BCUT2D eigenvalue weighted by molar-refractivity contribution is 6.08. The van der Waals surface area contributed by atoms with Crippen molar-refractivity contribution in [3.8, 4) is 6.07 Å². The number of carbonyl (C=O) groups is 2. The Hall–Kier alpha value is -4.27. The Labute approximate surface area is 186 Å². The van der Waals surface area contributed by atoms with Gasteiger partial charge in [-0.15, -0.1) is 0 Å². The number of rotatable bonds is 5. The van der Waals surface area contributed by atoms with Gasteiger partial charge in [0, 0.05) is 29.2 Å². The Morgan fingerprint density at radius 1 is 1.00 bits per heavy atom. The monoisotopic (exact) mass is 482 g/mol. The van der Waals surface area contributed by atoms with Crippen LogP contribution in [0.5, 0.6) is 0 Å². The lowest BCUT2D eigenvalue weighted by molar-refractivity contribution is -0.143. The van der Waals surface area contributed by atoms with Crippen molar-refractivity contribution < 1.29 is 46.1 Å². The van der Waals surface area contributed by atoms with Gasteiger partial charge in [0.1, 0.15) is 11.6 Å². The molecule has 0 spiro atoms. The number of nitrogens with zero attached hydrogens (tertiary/aromatic N) is 2. The summed E-state index contributed by atoms with van der Waals surface area (Å²) in [5.74, 6) is -3.02. The highest BCUT2D eigenvalue weighted by Crippen LogP contribution is 2.37. The van der Waals surface area contributed by atoms with Crippen LogP contribution in [0.1, 0.15) is 32.6 Å². The van der Waals surface area contributed by atoms with E-state index >= 15 is 0 Å². The van der Waals surface area contributed by atoms with Crippen molar-refractivity contribution in [1.82, 2.24) is 4.57 Å². The Bertz CT molecular complexity index is 1340. The molecule has 1 heterocycles. The van der Waals surface area contributed by atoms with Gasteiger partial charge in [-0.2, -0.15) is 31.6 Å². The molecule has 2 N–H and O–H groups in total. The zero-order valence-electron chi connectivity index (χ0n) is 16.7. The van der Waals surface area contributed by atoms with Crippen molar-refractivity contribution in [3.05, 3.63) is 76.0 Å². The van der Waals surface area contributed by atoms with E-state index in [1.54, 1.807) is 0 Å². The number of benzene rings is 2. The van der Waals surface area contributed by atoms with E-state index in [4.69, 9.17) is 10.4 Å². The number of nitriles is 1. The summed E-state index contributed by atoms with van der Waals surface area (Å²) >= 11 is 0. The lowest BCUT2D eigenvalue weighted by atomic mass is 10.0. The second-order valence-electron chi connectivity index (χ2n) is 7.11. The van der Waals surface area contributed by atoms with Gasteiger partial charge in [-0.25, -0.2) is 9.59 Å². The molecular formula is C22H12F6N2O4. The first-order valence-corrected chi connectivity index (χ1v) is 9.21. The van der Waals surface area contributed by atoms with E-state index in [9.17, 15) is 41.0 Å². The highest BCUT2D eigenvalue weighted by Gasteiger charge is 2.37. The number of hydrogen-bond acceptors (Lipinski definition) is 3. The van der Waals surface area contributed by atoms with E-state index in [0.717, 1.165) is 12.3 Å². The Morgan fingerprint density at radius 3 is 2.06 bits per heavy atom. The Morgan fingerprint density at radius 2 is 1.59 bits per heavy atom. The van der Waals surface area contributed by atoms with Crippen LogP contribution >= 0.6 is 0 Å². The molecule has 3 aromatic rings. The van der Waals surface area contributed by atoms with Gasteiger partial charge < -0.3 is 14.8 Å². The molecule has 6 nitrogen and oxygen atoms in total. The van der Waals surface area contributed by atoms with Crippen LogP contribution < -0.4 is 0 Å². The minimum Gasteiger partial charge on any atom is -0.478 e. The maximum absolute atomic E-state index is 13.2. The summed E-state index contributed by atoms with van der Waals surface area (Å²) in [7, 11) is 0. The smallest absolute Gasteiger partial charge is 0.416 e. The normalized spacial score (nSPS) is 12.6. The Balaban J connectivity index is 2.26. The van der Waals surface area contributed by atoms with Gasteiger partial charge in [-0.3, -0.25) is 0 Å². The fourth-order valence-electron chi connectivity index (χ4n) is 3.41. The highest BCUT2D eigenvalue weighted by atomic mass is 19.4. The van der Waals surface area contributed by atoms with E-state index in [2.05, 4.69) is 0 Å². The molecule has 0 saturated carbocycles. The first kappa shape index (κ1) is 24.4. The first-order valence-electron chi connectivity index (χ1n) is 9.21. The van der Waals surface area contributed by atoms with E-state index in [0.29, 0.717) is 12.1 Å². The van der Waals surface area contributed by atoms with Crippen molar-refractivity contribution in [2.24, 2.45) is 0 Å². The minimum atomic E-state index is -5.05. The van der Waals surface area contributed by atoms with Crippen molar-refractivity contribution in [3.63, 3.8) is 0 Å². The predicted octanol–water partition coefficient (Wildman–Crippen LogP) is 5.42. The quantitative estimate of drug-likeness (QED) is 0.287. The van der Waals surface area contributed by atoms with Crippen LogP contribution in [0, 0.1) is 11.3 Å². The fourth-order valence-corrected chi connectivity index (χ4v) is 3.41. The fraction of sp³-hybridized carbons (Fsp3) is 0.136. The first-order chi connectivity index (χ1) is 15.7. The number of aliphatic carboxylic acids is 1. The van der Waals surface area contributed by atoms with Crippen molar-refractivity contribution in [2.45, 2.75) is 18.9 Å². The number of hydrogen-bond donors (Lipinski definition) is 2. The van der Waals surface area contributed by atoms with Crippen LogP contribution in [0.25, 0.3) is 17.0 Å². The van der Waals surface area contributed by atoms with E-state index in [1.807, 2.05) is 0 Å². The molecule has 0 radical (unpaired) electrons. The number of halogens is 6. The van der Waals surface area contributed by atoms with Gasteiger partial charge in [0.15, 0.2) is 0 Å². The summed E-state index contributed by atoms with van der Waals surface area (Å²) in [6.07, 6.45) is -8.07. The second-order valence-corrected chi connectivity index (χ2v) is 7.11. The van der Waals surface area contributed by atoms with Gasteiger partial charge in [0.2, 0.25) is 0 Å². The van der Waals surface area contributed by atoms with Crippen LogP contribution in [0.2, 0.25) is 0 Å². The molecule has 12 heteroatoms. The number of fused-ring (bicyclic) bond motifs is 1. The van der Waals surface area contributed by atoms with Gasteiger partial charge in [0.05, 0.1) is 16.7 Å². The van der Waals surface area contributed by atoms with Crippen LogP contribution in [0.4, 0.5) is 26.3 Å². The summed E-state index contributed by atoms with van der Waals surface area (Å²) in [5, 5.41) is 27.6. The maximum atomic E-state index is 13.2. The Kier molecular flexibility index (Phi) is 6.15. The molecule has 1 aromatic heterocycles. The number of carboxylic acid groups (broad SMARTS) is 2. The number of carboxylic acids is 2. The summed E-state index contributed by atoms with van der Waals surface area (Å²) < 4.78 is 80.4. The van der Waals surface area contributed by atoms with Crippen LogP contribution in [-0.4, -0.2) is 26.7 Å². The molecule has 0 amide bonds. The molecule has 0 unspecified atom stereocenters. The second kappa shape index (κ2) is 8.58.